The fourth-order valence-electron chi connectivity index (χ4n) is 2.96. The van der Waals surface area contributed by atoms with Crippen LogP contribution >= 0.6 is 11.6 Å². The first kappa shape index (κ1) is 17.0. The van der Waals surface area contributed by atoms with Crippen LogP contribution in [0.5, 0.6) is 0 Å². The van der Waals surface area contributed by atoms with E-state index in [-0.39, 0.29) is 5.95 Å². The Bertz CT molecular complexity index is 964. The summed E-state index contributed by atoms with van der Waals surface area (Å²) < 4.78 is 1.88. The third kappa shape index (κ3) is 3.08. The standard InChI is InChI=1S/C18H18ClN5O/c1-3-10-4-5-11(19)8-12(10)16-13(17(20)25)9-15(24(16)2)14-6-7-22-18(21)23-14/h4-9H,3H2,1-2H3,(H2,20,25)(H2,21,22,23). The molecule has 2 aromatic heterocycles. The van der Waals surface area contributed by atoms with E-state index >= 15 is 0 Å². The van der Waals surface area contributed by atoms with Crippen molar-refractivity contribution in [2.45, 2.75) is 13.3 Å². The molecule has 6 nitrogen and oxygen atoms in total. The zero-order valence-electron chi connectivity index (χ0n) is 14.0. The molecular formula is C18H18ClN5O. The van der Waals surface area contributed by atoms with Crippen molar-refractivity contribution in [3.05, 3.63) is 52.7 Å². The van der Waals surface area contributed by atoms with E-state index in [0.29, 0.717) is 22.0 Å². The molecule has 0 spiro atoms. The van der Waals surface area contributed by atoms with Crippen LogP contribution in [-0.4, -0.2) is 20.4 Å². The lowest BCUT2D eigenvalue weighted by Crippen LogP contribution is -2.12. The van der Waals surface area contributed by atoms with Crippen molar-refractivity contribution in [2.75, 3.05) is 5.73 Å². The largest absolute Gasteiger partial charge is 0.368 e. The summed E-state index contributed by atoms with van der Waals surface area (Å²) in [6.07, 6.45) is 2.37. The first-order chi connectivity index (χ1) is 11.9. The van der Waals surface area contributed by atoms with Gasteiger partial charge >= 0.3 is 0 Å². The second-order valence-electron chi connectivity index (χ2n) is 5.67. The lowest BCUT2D eigenvalue weighted by atomic mass is 9.99. The Morgan fingerprint density at radius 3 is 2.68 bits per heavy atom. The summed E-state index contributed by atoms with van der Waals surface area (Å²) in [4.78, 5) is 20.2. The van der Waals surface area contributed by atoms with Crippen molar-refractivity contribution in [1.29, 1.82) is 0 Å². The van der Waals surface area contributed by atoms with Gasteiger partial charge in [0.15, 0.2) is 0 Å². The molecule has 0 unspecified atom stereocenters. The summed E-state index contributed by atoms with van der Waals surface area (Å²) in [6, 6.07) is 9.10. The Morgan fingerprint density at radius 1 is 1.28 bits per heavy atom. The van der Waals surface area contributed by atoms with Gasteiger partial charge < -0.3 is 16.0 Å². The zero-order chi connectivity index (χ0) is 18.1. The predicted octanol–water partition coefficient (Wildman–Crippen LogP) is 3.05. The van der Waals surface area contributed by atoms with Gasteiger partial charge in [-0.2, -0.15) is 0 Å². The van der Waals surface area contributed by atoms with E-state index in [0.717, 1.165) is 23.2 Å². The average molecular weight is 356 g/mol. The van der Waals surface area contributed by atoms with Crippen LogP contribution in [0.15, 0.2) is 36.5 Å². The number of anilines is 1. The van der Waals surface area contributed by atoms with Gasteiger partial charge in [-0.15, -0.1) is 0 Å². The van der Waals surface area contributed by atoms with Crippen molar-refractivity contribution in [3.63, 3.8) is 0 Å². The molecule has 25 heavy (non-hydrogen) atoms. The second-order valence-corrected chi connectivity index (χ2v) is 6.11. The van der Waals surface area contributed by atoms with Crippen molar-refractivity contribution in [3.8, 4) is 22.6 Å². The summed E-state index contributed by atoms with van der Waals surface area (Å²) in [5.74, 6) is -0.348. The van der Waals surface area contributed by atoms with E-state index in [2.05, 4.69) is 9.97 Å². The van der Waals surface area contributed by atoms with Crippen molar-refractivity contribution < 1.29 is 4.79 Å². The number of aryl methyl sites for hydroxylation is 1. The molecule has 0 saturated carbocycles. The van der Waals surface area contributed by atoms with Gasteiger partial charge in [0, 0.05) is 23.8 Å². The van der Waals surface area contributed by atoms with Crippen molar-refractivity contribution in [1.82, 2.24) is 14.5 Å². The number of hydrogen-bond donors (Lipinski definition) is 2. The molecule has 0 aliphatic heterocycles. The van der Waals surface area contributed by atoms with Gasteiger partial charge in [-0.25, -0.2) is 9.97 Å². The van der Waals surface area contributed by atoms with E-state index in [9.17, 15) is 4.79 Å². The van der Waals surface area contributed by atoms with Crippen LogP contribution in [0.1, 0.15) is 22.8 Å². The molecule has 0 radical (unpaired) electrons. The van der Waals surface area contributed by atoms with Gasteiger partial charge in [0.1, 0.15) is 0 Å². The molecule has 0 fully saturated rings. The Hall–Kier alpha value is -2.86. The van der Waals surface area contributed by atoms with Gasteiger partial charge in [-0.1, -0.05) is 24.6 Å². The van der Waals surface area contributed by atoms with Crippen molar-refractivity contribution in [2.24, 2.45) is 12.8 Å². The van der Waals surface area contributed by atoms with E-state index in [1.807, 2.05) is 36.7 Å². The maximum absolute atomic E-state index is 12.1. The summed E-state index contributed by atoms with van der Waals surface area (Å²) in [7, 11) is 1.86. The van der Waals surface area contributed by atoms with Crippen LogP contribution in [-0.2, 0) is 13.5 Å². The Morgan fingerprint density at radius 2 is 2.04 bits per heavy atom. The fraction of sp³-hybridized carbons (Fsp3) is 0.167. The Kier molecular flexibility index (Phi) is 4.46. The molecule has 0 atom stereocenters. The van der Waals surface area contributed by atoms with Gasteiger partial charge in [0.2, 0.25) is 5.95 Å². The number of aromatic nitrogens is 3. The number of carbonyl (C=O) groups is 1. The number of nitrogens with zero attached hydrogens (tertiary/aromatic N) is 3. The summed E-state index contributed by atoms with van der Waals surface area (Å²) in [5, 5.41) is 0.594. The van der Waals surface area contributed by atoms with Gasteiger partial charge in [-0.05, 0) is 36.2 Å². The van der Waals surface area contributed by atoms with E-state index in [4.69, 9.17) is 23.1 Å². The molecule has 1 amide bonds. The Balaban J connectivity index is 2.31. The van der Waals surface area contributed by atoms with Crippen LogP contribution in [0, 0.1) is 0 Å². The number of amides is 1. The lowest BCUT2D eigenvalue weighted by Gasteiger charge is -2.13. The molecule has 3 aromatic rings. The number of nitrogens with two attached hydrogens (primary N) is 2. The number of rotatable bonds is 4. The first-order valence-corrected chi connectivity index (χ1v) is 8.17. The van der Waals surface area contributed by atoms with Gasteiger partial charge in [0.05, 0.1) is 22.6 Å². The highest BCUT2D eigenvalue weighted by molar-refractivity contribution is 6.31. The number of halogens is 1. The van der Waals surface area contributed by atoms with E-state index < -0.39 is 5.91 Å². The average Bonchev–Trinajstić information content (AvgIpc) is 2.92. The third-order valence-electron chi connectivity index (χ3n) is 4.14. The molecule has 1 aromatic carbocycles. The molecule has 0 aliphatic rings. The minimum Gasteiger partial charge on any atom is -0.368 e. The van der Waals surface area contributed by atoms with Crippen LogP contribution in [0.4, 0.5) is 5.95 Å². The predicted molar refractivity (Wildman–Crippen MR) is 99.2 cm³/mol. The quantitative estimate of drug-likeness (QED) is 0.751. The van der Waals surface area contributed by atoms with Gasteiger partial charge in [-0.3, -0.25) is 4.79 Å². The highest BCUT2D eigenvalue weighted by atomic mass is 35.5. The molecule has 2 heterocycles. The lowest BCUT2D eigenvalue weighted by molar-refractivity contribution is 0.100. The van der Waals surface area contributed by atoms with Crippen LogP contribution in [0.3, 0.4) is 0 Å². The van der Waals surface area contributed by atoms with E-state index in [1.54, 1.807) is 18.3 Å². The second kappa shape index (κ2) is 6.57. The maximum atomic E-state index is 12.1. The number of primary amides is 1. The molecule has 3 rings (SSSR count). The zero-order valence-corrected chi connectivity index (χ0v) is 14.7. The SMILES string of the molecule is CCc1ccc(Cl)cc1-c1c(C(N)=O)cc(-c2ccnc(N)n2)n1C. The number of hydrogen-bond acceptors (Lipinski definition) is 4. The van der Waals surface area contributed by atoms with Gasteiger partial charge in [0.25, 0.3) is 5.91 Å². The molecular weight excluding hydrogens is 338 g/mol. The fourth-order valence-corrected chi connectivity index (χ4v) is 3.13. The minimum atomic E-state index is -0.513. The maximum Gasteiger partial charge on any atom is 0.250 e. The van der Waals surface area contributed by atoms with Crippen LogP contribution in [0.25, 0.3) is 22.6 Å². The normalized spacial score (nSPS) is 10.8. The molecule has 0 saturated heterocycles. The molecule has 4 N–H and O–H groups in total. The summed E-state index contributed by atoms with van der Waals surface area (Å²) in [6.45, 7) is 2.05. The highest BCUT2D eigenvalue weighted by Gasteiger charge is 2.21. The molecule has 0 aliphatic carbocycles. The van der Waals surface area contributed by atoms with Crippen molar-refractivity contribution >= 4 is 23.5 Å². The minimum absolute atomic E-state index is 0.165. The highest BCUT2D eigenvalue weighted by Crippen LogP contribution is 2.34. The first-order valence-electron chi connectivity index (χ1n) is 7.79. The number of carbonyl (C=O) groups excluding carboxylic acids is 1. The number of benzene rings is 1. The topological polar surface area (TPSA) is 99.8 Å². The molecule has 0 bridgehead atoms. The summed E-state index contributed by atoms with van der Waals surface area (Å²) >= 11 is 6.19. The smallest absolute Gasteiger partial charge is 0.250 e. The Labute approximate surface area is 150 Å². The monoisotopic (exact) mass is 355 g/mol. The summed E-state index contributed by atoms with van der Waals surface area (Å²) in [5.41, 5.74) is 15.7. The number of nitrogen functional groups attached to an aromatic ring is 1. The van der Waals surface area contributed by atoms with Crippen LogP contribution < -0.4 is 11.5 Å². The van der Waals surface area contributed by atoms with Crippen LogP contribution in [0.2, 0.25) is 5.02 Å². The molecule has 128 valence electrons. The third-order valence-corrected chi connectivity index (χ3v) is 4.38. The molecule has 7 heteroatoms. The van der Waals surface area contributed by atoms with E-state index in [1.165, 1.54) is 0 Å².